The molecule has 0 saturated carbocycles. The largest absolute Gasteiger partial charge is 0.478 e. The second kappa shape index (κ2) is 6.95. The molecular weight excluding hydrogens is 278 g/mol. The fourth-order valence-corrected chi connectivity index (χ4v) is 2.63. The molecule has 4 nitrogen and oxygen atoms in total. The fraction of sp³-hybridized carbons (Fsp3) is 0.556. The molecule has 2 rings (SSSR count). The summed E-state index contributed by atoms with van der Waals surface area (Å²) in [5.74, 6) is 0.887. The van der Waals surface area contributed by atoms with E-state index in [9.17, 15) is 9.59 Å². The zero-order chi connectivity index (χ0) is 16.3. The molecule has 1 aliphatic heterocycles. The summed E-state index contributed by atoms with van der Waals surface area (Å²) < 4.78 is 5.88. The number of Topliss-reactive ketones (excluding diaryl/α,β-unsaturated/α-hetero) is 1. The first-order chi connectivity index (χ1) is 10.5. The summed E-state index contributed by atoms with van der Waals surface area (Å²) in [5, 5.41) is 0. The Kier molecular flexibility index (Phi) is 5.22. The highest BCUT2D eigenvalue weighted by Gasteiger charge is 2.36. The molecule has 0 N–H and O–H groups in total. The van der Waals surface area contributed by atoms with Gasteiger partial charge in [0.1, 0.15) is 5.75 Å². The highest BCUT2D eigenvalue weighted by Crippen LogP contribution is 2.37. The molecule has 0 radical (unpaired) electrons. The summed E-state index contributed by atoms with van der Waals surface area (Å²) >= 11 is 0. The van der Waals surface area contributed by atoms with Gasteiger partial charge in [0, 0.05) is 18.5 Å². The topological polar surface area (TPSA) is 46.6 Å². The molecule has 1 amide bonds. The Balaban J connectivity index is 2.43. The summed E-state index contributed by atoms with van der Waals surface area (Å²) in [7, 11) is 0. The average Bonchev–Trinajstić information content (AvgIpc) is 2.52. The number of benzene rings is 1. The van der Waals surface area contributed by atoms with Gasteiger partial charge in [-0.2, -0.15) is 0 Å². The van der Waals surface area contributed by atoms with Gasteiger partial charge in [-0.1, -0.05) is 34.1 Å². The van der Waals surface area contributed by atoms with E-state index in [1.165, 1.54) is 0 Å². The molecule has 0 fully saturated rings. The van der Waals surface area contributed by atoms with Crippen LogP contribution in [0, 0.1) is 5.92 Å². The zero-order valence-electron chi connectivity index (χ0n) is 13.9. The van der Waals surface area contributed by atoms with Crippen molar-refractivity contribution in [2.24, 2.45) is 5.92 Å². The van der Waals surface area contributed by atoms with Crippen LogP contribution < -0.4 is 9.64 Å². The molecule has 1 unspecified atom stereocenters. The van der Waals surface area contributed by atoms with E-state index in [0.29, 0.717) is 24.3 Å². The van der Waals surface area contributed by atoms with Crippen LogP contribution in [0.5, 0.6) is 5.75 Å². The number of hydrogen-bond acceptors (Lipinski definition) is 3. The Hall–Kier alpha value is -1.84. The maximum absolute atomic E-state index is 12.7. The molecule has 0 bridgehead atoms. The normalized spacial score (nSPS) is 17.4. The van der Waals surface area contributed by atoms with Crippen LogP contribution in [0.4, 0.5) is 5.69 Å². The quantitative estimate of drug-likeness (QED) is 0.750. The first-order valence-corrected chi connectivity index (χ1v) is 8.14. The summed E-state index contributed by atoms with van der Waals surface area (Å²) in [4.78, 5) is 26.4. The van der Waals surface area contributed by atoms with Gasteiger partial charge in [-0.05, 0) is 30.5 Å². The van der Waals surface area contributed by atoms with Crippen LogP contribution in [0.25, 0.3) is 0 Å². The van der Waals surface area contributed by atoms with Crippen LogP contribution in [0.15, 0.2) is 18.2 Å². The number of rotatable bonds is 6. The van der Waals surface area contributed by atoms with Crippen LogP contribution in [0.2, 0.25) is 0 Å². The monoisotopic (exact) mass is 303 g/mol. The van der Waals surface area contributed by atoms with Gasteiger partial charge in [-0.3, -0.25) is 9.59 Å². The van der Waals surface area contributed by atoms with Gasteiger partial charge in [0.15, 0.2) is 11.9 Å². The summed E-state index contributed by atoms with van der Waals surface area (Å²) in [6, 6.07) is 5.40. The third-order valence-corrected chi connectivity index (χ3v) is 4.00. The van der Waals surface area contributed by atoms with E-state index >= 15 is 0 Å². The van der Waals surface area contributed by atoms with E-state index in [-0.39, 0.29) is 17.6 Å². The number of anilines is 1. The molecule has 0 aromatic heterocycles. The Morgan fingerprint density at radius 3 is 2.64 bits per heavy atom. The van der Waals surface area contributed by atoms with Crippen LogP contribution in [-0.2, 0) is 4.79 Å². The smallest absolute Gasteiger partial charge is 0.268 e. The SMILES string of the molecule is CCCCN1C(=O)C(C(C)C)Oc2ccc(C(=O)CC)cc21. The van der Waals surface area contributed by atoms with Gasteiger partial charge in [0.25, 0.3) is 5.91 Å². The second-order valence-electron chi connectivity index (χ2n) is 6.09. The first-order valence-electron chi connectivity index (χ1n) is 8.14. The van der Waals surface area contributed by atoms with Crippen molar-refractivity contribution in [3.05, 3.63) is 23.8 Å². The number of carbonyl (C=O) groups excluding carboxylic acids is 2. The Morgan fingerprint density at radius 2 is 2.05 bits per heavy atom. The van der Waals surface area contributed by atoms with Crippen molar-refractivity contribution in [3.63, 3.8) is 0 Å². The van der Waals surface area contributed by atoms with Gasteiger partial charge >= 0.3 is 0 Å². The van der Waals surface area contributed by atoms with Crippen molar-refractivity contribution >= 4 is 17.4 Å². The van der Waals surface area contributed by atoms with Crippen molar-refractivity contribution in [1.29, 1.82) is 0 Å². The van der Waals surface area contributed by atoms with Gasteiger partial charge in [-0.15, -0.1) is 0 Å². The molecule has 0 saturated heterocycles. The van der Waals surface area contributed by atoms with E-state index in [4.69, 9.17) is 4.74 Å². The maximum Gasteiger partial charge on any atom is 0.268 e. The molecule has 1 aliphatic rings. The first kappa shape index (κ1) is 16.5. The highest BCUT2D eigenvalue weighted by atomic mass is 16.5. The maximum atomic E-state index is 12.7. The van der Waals surface area contributed by atoms with Gasteiger partial charge in [0.2, 0.25) is 0 Å². The third-order valence-electron chi connectivity index (χ3n) is 4.00. The standard InChI is InChI=1S/C18H25NO3/c1-5-7-10-19-14-11-13(15(20)6-2)8-9-16(14)22-17(12(3)4)18(19)21/h8-9,11-12,17H,5-7,10H2,1-4H3. The molecule has 0 aliphatic carbocycles. The number of fused-ring (bicyclic) bond motifs is 1. The third kappa shape index (κ3) is 3.16. The van der Waals surface area contributed by atoms with Crippen LogP contribution in [0.3, 0.4) is 0 Å². The lowest BCUT2D eigenvalue weighted by atomic mass is 10.0. The lowest BCUT2D eigenvalue weighted by molar-refractivity contribution is -0.128. The lowest BCUT2D eigenvalue weighted by Gasteiger charge is -2.36. The molecule has 1 aromatic rings. The molecule has 120 valence electrons. The molecule has 1 aromatic carbocycles. The number of amides is 1. The minimum Gasteiger partial charge on any atom is -0.478 e. The lowest BCUT2D eigenvalue weighted by Crippen LogP contribution is -2.48. The minimum absolute atomic E-state index is 0.00273. The van der Waals surface area contributed by atoms with E-state index in [1.807, 2.05) is 26.8 Å². The highest BCUT2D eigenvalue weighted by molar-refractivity contribution is 6.03. The number of carbonyl (C=O) groups is 2. The van der Waals surface area contributed by atoms with Crippen molar-refractivity contribution in [3.8, 4) is 5.75 Å². The summed E-state index contributed by atoms with van der Waals surface area (Å²) in [6.07, 6.45) is 1.95. The van der Waals surface area contributed by atoms with Gasteiger partial charge < -0.3 is 9.64 Å². The molecule has 1 atom stereocenters. The molecular formula is C18H25NO3. The van der Waals surface area contributed by atoms with Crippen LogP contribution >= 0.6 is 0 Å². The number of unbranched alkanes of at least 4 members (excludes halogenated alkanes) is 1. The Bertz CT molecular complexity index is 565. The molecule has 22 heavy (non-hydrogen) atoms. The van der Waals surface area contributed by atoms with Crippen molar-refractivity contribution in [2.75, 3.05) is 11.4 Å². The van der Waals surface area contributed by atoms with E-state index in [2.05, 4.69) is 6.92 Å². The number of ketones is 1. The fourth-order valence-electron chi connectivity index (χ4n) is 2.63. The van der Waals surface area contributed by atoms with Crippen molar-refractivity contribution in [1.82, 2.24) is 0 Å². The minimum atomic E-state index is -0.447. The second-order valence-corrected chi connectivity index (χ2v) is 6.09. The van der Waals surface area contributed by atoms with Crippen molar-refractivity contribution < 1.29 is 14.3 Å². The predicted molar refractivity (Wildman–Crippen MR) is 87.6 cm³/mol. The molecule has 4 heteroatoms. The summed E-state index contributed by atoms with van der Waals surface area (Å²) in [5.41, 5.74) is 1.37. The number of nitrogens with zero attached hydrogens (tertiary/aromatic N) is 1. The zero-order valence-corrected chi connectivity index (χ0v) is 13.9. The van der Waals surface area contributed by atoms with Gasteiger partial charge in [0.05, 0.1) is 5.69 Å². The van der Waals surface area contributed by atoms with Gasteiger partial charge in [-0.25, -0.2) is 0 Å². The molecule has 1 heterocycles. The van der Waals surface area contributed by atoms with Crippen LogP contribution in [-0.4, -0.2) is 24.3 Å². The van der Waals surface area contributed by atoms with Crippen LogP contribution in [0.1, 0.15) is 57.3 Å². The number of hydrogen-bond donors (Lipinski definition) is 0. The summed E-state index contributed by atoms with van der Waals surface area (Å²) in [6.45, 7) is 8.58. The Morgan fingerprint density at radius 1 is 1.32 bits per heavy atom. The van der Waals surface area contributed by atoms with E-state index < -0.39 is 6.10 Å². The predicted octanol–water partition coefficient (Wildman–Crippen LogP) is 3.83. The number of ether oxygens (including phenoxy) is 1. The van der Waals surface area contributed by atoms with E-state index in [1.54, 1.807) is 17.0 Å². The van der Waals surface area contributed by atoms with Crippen molar-refractivity contribution in [2.45, 2.75) is 53.1 Å². The molecule has 0 spiro atoms. The van der Waals surface area contributed by atoms with E-state index in [0.717, 1.165) is 18.5 Å². The average molecular weight is 303 g/mol. The Labute approximate surface area is 132 Å².